The van der Waals surface area contributed by atoms with Gasteiger partial charge in [-0.05, 0) is 0 Å². The van der Waals surface area contributed by atoms with Gasteiger partial charge in [-0.1, -0.05) is 0 Å². The number of aliphatic hydroxyl groups is 6. The van der Waals surface area contributed by atoms with E-state index < -0.39 is 63.3 Å². The highest BCUT2D eigenvalue weighted by molar-refractivity contribution is 5.80. The van der Waals surface area contributed by atoms with Crippen LogP contribution in [0.3, 0.4) is 0 Å². The largest absolute Gasteiger partial charge is 0.394 e. The van der Waals surface area contributed by atoms with Gasteiger partial charge in [0, 0.05) is 0 Å². The van der Waals surface area contributed by atoms with Crippen molar-refractivity contribution in [3.05, 3.63) is 0 Å². The van der Waals surface area contributed by atoms with Crippen LogP contribution < -0.4 is 17.2 Å². The Kier molecular flexibility index (Phi) is 6.64. The molecular formula is C11H26N6O6. The molecule has 0 radical (unpaired) electrons. The van der Waals surface area contributed by atoms with Gasteiger partial charge in [0.2, 0.25) is 0 Å². The second-order valence-electron chi connectivity index (χ2n) is 5.49. The van der Waals surface area contributed by atoms with E-state index in [9.17, 15) is 30.6 Å². The van der Waals surface area contributed by atoms with E-state index in [1.807, 2.05) is 0 Å². The summed E-state index contributed by atoms with van der Waals surface area (Å²) in [6, 6.07) is 0. The van der Waals surface area contributed by atoms with Gasteiger partial charge in [0.1, 0.15) is 11.8 Å². The SMILES string of the molecule is NC1=NC(N)N(C(CO)(CO)CO)C(N)N1C(CO)(CO)CO. The van der Waals surface area contributed by atoms with E-state index in [0.29, 0.717) is 0 Å². The van der Waals surface area contributed by atoms with Crippen LogP contribution in [0.5, 0.6) is 0 Å². The van der Waals surface area contributed by atoms with E-state index >= 15 is 0 Å². The molecule has 12 heteroatoms. The van der Waals surface area contributed by atoms with Crippen molar-refractivity contribution in [2.45, 2.75) is 23.7 Å². The lowest BCUT2D eigenvalue weighted by Crippen LogP contribution is -2.79. The van der Waals surface area contributed by atoms with Gasteiger partial charge in [-0.15, -0.1) is 0 Å². The highest BCUT2D eigenvalue weighted by atomic mass is 16.3. The van der Waals surface area contributed by atoms with E-state index in [2.05, 4.69) is 4.99 Å². The third-order valence-corrected chi connectivity index (χ3v) is 4.17. The van der Waals surface area contributed by atoms with Gasteiger partial charge in [-0.2, -0.15) is 0 Å². The molecule has 1 aliphatic rings. The molecule has 2 atom stereocenters. The van der Waals surface area contributed by atoms with Crippen LogP contribution in [-0.4, -0.2) is 110 Å². The Balaban J connectivity index is 3.40. The van der Waals surface area contributed by atoms with Crippen LogP contribution in [0.1, 0.15) is 0 Å². The Bertz CT molecular complexity index is 399. The molecule has 0 aliphatic carbocycles. The van der Waals surface area contributed by atoms with Crippen molar-refractivity contribution in [1.29, 1.82) is 0 Å². The van der Waals surface area contributed by atoms with Crippen LogP contribution in [0.25, 0.3) is 0 Å². The van der Waals surface area contributed by atoms with Crippen molar-refractivity contribution in [1.82, 2.24) is 9.80 Å². The summed E-state index contributed by atoms with van der Waals surface area (Å²) in [6.07, 6.45) is -2.51. The zero-order chi connectivity index (χ0) is 17.8. The summed E-state index contributed by atoms with van der Waals surface area (Å²) in [6.45, 7) is -4.23. The molecular weight excluding hydrogens is 312 g/mol. The molecule has 12 N–H and O–H groups in total. The standard InChI is InChI=1S/C11H26N6O6/c12-7-15-8(13)17(11(4-21,5-22)6-23)9(14)16(7)10(1-18,2-19)3-20/h7,9,18-23H,1-6,12,14H2,(H2,13,15). The molecule has 0 aromatic heterocycles. The molecule has 0 saturated heterocycles. The maximum absolute atomic E-state index is 9.57. The second-order valence-corrected chi connectivity index (χ2v) is 5.49. The van der Waals surface area contributed by atoms with Gasteiger partial charge in [0.25, 0.3) is 0 Å². The van der Waals surface area contributed by atoms with E-state index in [0.717, 1.165) is 9.80 Å². The molecule has 136 valence electrons. The van der Waals surface area contributed by atoms with E-state index in [4.69, 9.17) is 17.2 Å². The number of aliphatic hydroxyl groups excluding tert-OH is 6. The minimum atomic E-state index is -1.66. The zero-order valence-corrected chi connectivity index (χ0v) is 12.7. The number of guanidine groups is 1. The number of rotatable bonds is 8. The summed E-state index contributed by atoms with van der Waals surface area (Å²) < 4.78 is 0. The van der Waals surface area contributed by atoms with E-state index in [1.165, 1.54) is 0 Å². The zero-order valence-electron chi connectivity index (χ0n) is 12.7. The number of nitrogens with two attached hydrogens (primary N) is 3. The third-order valence-electron chi connectivity index (χ3n) is 4.17. The fraction of sp³-hybridized carbons (Fsp3) is 0.909. The van der Waals surface area contributed by atoms with Crippen LogP contribution >= 0.6 is 0 Å². The average Bonchev–Trinajstić information content (AvgIpc) is 2.55. The molecule has 1 rings (SSSR count). The van der Waals surface area contributed by atoms with Crippen molar-refractivity contribution < 1.29 is 30.6 Å². The molecule has 12 nitrogen and oxygen atoms in total. The first kappa shape index (κ1) is 20.0. The quantitative estimate of drug-likeness (QED) is 0.203. The topological polar surface area (TPSA) is 218 Å². The minimum Gasteiger partial charge on any atom is -0.394 e. The number of hydrogen-bond acceptors (Lipinski definition) is 12. The molecule has 2 unspecified atom stereocenters. The van der Waals surface area contributed by atoms with Gasteiger partial charge in [-0.3, -0.25) is 11.5 Å². The van der Waals surface area contributed by atoms with Crippen LogP contribution in [0.4, 0.5) is 0 Å². The van der Waals surface area contributed by atoms with Gasteiger partial charge in [0.15, 0.2) is 12.2 Å². The summed E-state index contributed by atoms with van der Waals surface area (Å²) in [5.74, 6) is -0.249. The predicted octanol–water partition coefficient (Wildman–Crippen LogP) is -6.17. The Morgan fingerprint density at radius 2 is 1.22 bits per heavy atom. The summed E-state index contributed by atoms with van der Waals surface area (Å²) in [5.41, 5.74) is 14.4. The van der Waals surface area contributed by atoms with Gasteiger partial charge in [0.05, 0.1) is 45.2 Å². The van der Waals surface area contributed by atoms with Gasteiger partial charge in [-0.25, -0.2) is 9.89 Å². The highest BCUT2D eigenvalue weighted by Gasteiger charge is 2.51. The normalized spacial score (nSPS) is 24.0. The first-order valence-corrected chi connectivity index (χ1v) is 6.90. The highest BCUT2D eigenvalue weighted by Crippen LogP contribution is 2.28. The maximum atomic E-state index is 9.57. The second kappa shape index (κ2) is 7.65. The lowest BCUT2D eigenvalue weighted by molar-refractivity contribution is -0.150. The van der Waals surface area contributed by atoms with E-state index in [-0.39, 0.29) is 5.96 Å². The fourth-order valence-corrected chi connectivity index (χ4v) is 2.53. The van der Waals surface area contributed by atoms with Crippen molar-refractivity contribution in [3.63, 3.8) is 0 Å². The monoisotopic (exact) mass is 338 g/mol. The maximum Gasteiger partial charge on any atom is 0.197 e. The van der Waals surface area contributed by atoms with Crippen molar-refractivity contribution >= 4 is 5.96 Å². The van der Waals surface area contributed by atoms with E-state index in [1.54, 1.807) is 0 Å². The number of hydrogen-bond donors (Lipinski definition) is 9. The summed E-state index contributed by atoms with van der Waals surface area (Å²) in [7, 11) is 0. The lowest BCUT2D eigenvalue weighted by atomic mass is 9.97. The lowest BCUT2D eigenvalue weighted by Gasteiger charge is -2.55. The van der Waals surface area contributed by atoms with Crippen LogP contribution in [-0.2, 0) is 0 Å². The predicted molar refractivity (Wildman–Crippen MR) is 79.2 cm³/mol. The molecule has 0 aromatic rings. The molecule has 23 heavy (non-hydrogen) atoms. The fourth-order valence-electron chi connectivity index (χ4n) is 2.53. The first-order chi connectivity index (χ1) is 10.8. The summed E-state index contributed by atoms with van der Waals surface area (Å²) in [4.78, 5) is 6.02. The average molecular weight is 338 g/mol. The van der Waals surface area contributed by atoms with Crippen molar-refractivity contribution in [2.24, 2.45) is 22.2 Å². The number of nitrogens with zero attached hydrogens (tertiary/aromatic N) is 3. The molecule has 0 saturated carbocycles. The van der Waals surface area contributed by atoms with Crippen molar-refractivity contribution in [3.8, 4) is 0 Å². The number of aliphatic imine (C=N–C) groups is 1. The molecule has 0 amide bonds. The van der Waals surface area contributed by atoms with Gasteiger partial charge < -0.3 is 41.3 Å². The Labute approximate surface area is 133 Å². The summed E-state index contributed by atoms with van der Waals surface area (Å²) >= 11 is 0. The Morgan fingerprint density at radius 1 is 0.826 bits per heavy atom. The molecule has 0 spiro atoms. The summed E-state index contributed by atoms with van der Waals surface area (Å²) in [5, 5.41) is 57.4. The van der Waals surface area contributed by atoms with Gasteiger partial charge >= 0.3 is 0 Å². The minimum absolute atomic E-state index is 0.249. The van der Waals surface area contributed by atoms with Crippen LogP contribution in [0, 0.1) is 0 Å². The molecule has 1 heterocycles. The van der Waals surface area contributed by atoms with Crippen molar-refractivity contribution in [2.75, 3.05) is 39.6 Å². The molecule has 0 fully saturated rings. The van der Waals surface area contributed by atoms with Crippen LogP contribution in [0.15, 0.2) is 4.99 Å². The molecule has 0 aromatic carbocycles. The third kappa shape index (κ3) is 3.13. The smallest absolute Gasteiger partial charge is 0.197 e. The van der Waals surface area contributed by atoms with Crippen LogP contribution in [0.2, 0.25) is 0 Å². The Morgan fingerprint density at radius 3 is 1.57 bits per heavy atom. The molecule has 0 bridgehead atoms. The Hall–Kier alpha value is -1.09. The molecule has 1 aliphatic heterocycles. The first-order valence-electron chi connectivity index (χ1n) is 6.90.